The SMILES string of the molecule is O=C1CC(N(Cc2c([O-])on[n+]2-c2ccccc2)C2CC2)C(=O)N1c1ccc(Br)cc1. The lowest BCUT2D eigenvalue weighted by molar-refractivity contribution is -0.678. The number of carbonyl (C=O) groups is 2. The molecule has 1 unspecified atom stereocenters. The van der Waals surface area contributed by atoms with Gasteiger partial charge in [0, 0.05) is 22.6 Å². The van der Waals surface area contributed by atoms with Crippen molar-refractivity contribution in [1.29, 1.82) is 0 Å². The minimum absolute atomic E-state index is 0.0796. The molecule has 1 aliphatic carbocycles. The van der Waals surface area contributed by atoms with E-state index in [1.165, 1.54) is 9.58 Å². The molecule has 0 spiro atoms. The zero-order chi connectivity index (χ0) is 21.5. The number of halogens is 1. The first-order chi connectivity index (χ1) is 15.0. The van der Waals surface area contributed by atoms with Crippen molar-refractivity contribution in [2.24, 2.45) is 0 Å². The number of carbonyl (C=O) groups excluding carboxylic acids is 2. The molecule has 0 radical (unpaired) electrons. The van der Waals surface area contributed by atoms with E-state index < -0.39 is 12.0 Å². The van der Waals surface area contributed by atoms with Gasteiger partial charge in [-0.05, 0) is 41.8 Å². The Bertz CT molecular complexity index is 1130. The van der Waals surface area contributed by atoms with Crippen molar-refractivity contribution in [3.63, 3.8) is 0 Å². The maximum atomic E-state index is 13.3. The van der Waals surface area contributed by atoms with Gasteiger partial charge in [-0.3, -0.25) is 14.5 Å². The molecule has 5 rings (SSSR count). The van der Waals surface area contributed by atoms with Gasteiger partial charge in [0.05, 0.1) is 30.0 Å². The third-order valence-electron chi connectivity index (χ3n) is 5.65. The van der Waals surface area contributed by atoms with Gasteiger partial charge in [0.25, 0.3) is 11.6 Å². The molecule has 2 fully saturated rings. The summed E-state index contributed by atoms with van der Waals surface area (Å²) in [5.41, 5.74) is 1.58. The highest BCUT2D eigenvalue weighted by Gasteiger charge is 2.47. The predicted octanol–water partition coefficient (Wildman–Crippen LogP) is 2.08. The summed E-state index contributed by atoms with van der Waals surface area (Å²) in [6.07, 6.45) is 1.92. The maximum absolute atomic E-state index is 13.3. The topological polar surface area (TPSA) is 93.6 Å². The van der Waals surface area contributed by atoms with Gasteiger partial charge in [0.1, 0.15) is 0 Å². The Kier molecular flexibility index (Phi) is 5.07. The second-order valence-electron chi connectivity index (χ2n) is 7.72. The summed E-state index contributed by atoms with van der Waals surface area (Å²) in [5, 5.41) is 16.3. The van der Waals surface area contributed by atoms with Gasteiger partial charge in [0.2, 0.25) is 11.6 Å². The standard InChI is InChI=1S/C22H19BrN4O4/c23-14-6-8-16(9-7-14)26-20(28)12-18(21(26)29)25(15-10-11-15)13-19-22(30)31-24-27(19)17-4-2-1-3-5-17/h1-9,15,18H,10-13H2. The lowest BCUT2D eigenvalue weighted by atomic mass is 10.2. The molecular formula is C22H19BrN4O4. The largest absolute Gasteiger partial charge is 0.539 e. The molecule has 158 valence electrons. The van der Waals surface area contributed by atoms with Crippen LogP contribution >= 0.6 is 15.9 Å². The highest BCUT2D eigenvalue weighted by atomic mass is 79.9. The molecule has 31 heavy (non-hydrogen) atoms. The summed E-state index contributed by atoms with van der Waals surface area (Å²) in [6, 6.07) is 15.8. The van der Waals surface area contributed by atoms with E-state index in [0.29, 0.717) is 17.1 Å². The van der Waals surface area contributed by atoms with E-state index in [2.05, 4.69) is 21.2 Å². The molecule has 2 aliphatic rings. The van der Waals surface area contributed by atoms with Crippen molar-refractivity contribution in [3.8, 4) is 11.6 Å². The average Bonchev–Trinajstić information content (AvgIpc) is 3.49. The number of amides is 2. The Morgan fingerprint density at radius 3 is 2.52 bits per heavy atom. The van der Waals surface area contributed by atoms with Crippen LogP contribution in [0.3, 0.4) is 0 Å². The normalized spacial score (nSPS) is 18.9. The van der Waals surface area contributed by atoms with Crippen LogP contribution in [0, 0.1) is 0 Å². The van der Waals surface area contributed by atoms with Gasteiger partial charge in [-0.15, -0.1) is 0 Å². The molecule has 1 saturated heterocycles. The highest BCUT2D eigenvalue weighted by molar-refractivity contribution is 9.10. The molecule has 2 amide bonds. The number of benzene rings is 2. The zero-order valence-corrected chi connectivity index (χ0v) is 18.1. The molecule has 1 atom stereocenters. The summed E-state index contributed by atoms with van der Waals surface area (Å²) >= 11 is 3.37. The van der Waals surface area contributed by atoms with Gasteiger partial charge in [-0.2, -0.15) is 0 Å². The van der Waals surface area contributed by atoms with Crippen LogP contribution in [0.5, 0.6) is 5.95 Å². The van der Waals surface area contributed by atoms with E-state index in [0.717, 1.165) is 17.3 Å². The van der Waals surface area contributed by atoms with Gasteiger partial charge in [0.15, 0.2) is 5.95 Å². The summed E-state index contributed by atoms with van der Waals surface area (Å²) < 4.78 is 7.26. The second kappa shape index (κ2) is 7.90. The average molecular weight is 483 g/mol. The molecule has 0 bridgehead atoms. The lowest BCUT2D eigenvalue weighted by Crippen LogP contribution is -2.46. The quantitative estimate of drug-likeness (QED) is 0.394. The molecule has 8 nitrogen and oxygen atoms in total. The summed E-state index contributed by atoms with van der Waals surface area (Å²) in [6.45, 7) is 0.180. The van der Waals surface area contributed by atoms with Gasteiger partial charge in [-0.25, -0.2) is 4.90 Å². The highest BCUT2D eigenvalue weighted by Crippen LogP contribution is 2.35. The molecular weight excluding hydrogens is 464 g/mol. The van der Waals surface area contributed by atoms with Gasteiger partial charge in [-0.1, -0.05) is 34.1 Å². The molecule has 0 N–H and O–H groups in total. The smallest absolute Gasteiger partial charge is 0.254 e. The maximum Gasteiger partial charge on any atom is 0.254 e. The number of hydrogen-bond acceptors (Lipinski definition) is 6. The summed E-state index contributed by atoms with van der Waals surface area (Å²) in [7, 11) is 0. The first-order valence-electron chi connectivity index (χ1n) is 10.0. The van der Waals surface area contributed by atoms with Gasteiger partial charge < -0.3 is 9.63 Å². The van der Waals surface area contributed by atoms with Crippen molar-refractivity contribution >= 4 is 33.4 Å². The van der Waals surface area contributed by atoms with Crippen LogP contribution in [-0.4, -0.2) is 34.1 Å². The van der Waals surface area contributed by atoms with Crippen molar-refractivity contribution < 1.29 is 23.9 Å². The molecule has 2 aromatic carbocycles. The molecule has 1 aromatic heterocycles. The third kappa shape index (κ3) is 3.75. The predicted molar refractivity (Wildman–Crippen MR) is 111 cm³/mol. The van der Waals surface area contributed by atoms with Crippen LogP contribution in [0.25, 0.3) is 5.69 Å². The fraction of sp³-hybridized carbons (Fsp3) is 0.273. The summed E-state index contributed by atoms with van der Waals surface area (Å²) in [5.74, 6) is -1.06. The van der Waals surface area contributed by atoms with E-state index in [1.54, 1.807) is 24.3 Å². The lowest BCUT2D eigenvalue weighted by Gasteiger charge is -2.25. The Hall–Kier alpha value is -3.04. The van der Waals surface area contributed by atoms with Crippen molar-refractivity contribution in [2.75, 3.05) is 4.90 Å². The van der Waals surface area contributed by atoms with Crippen LogP contribution in [0.4, 0.5) is 5.69 Å². The Morgan fingerprint density at radius 1 is 1.13 bits per heavy atom. The van der Waals surface area contributed by atoms with E-state index in [-0.39, 0.29) is 30.8 Å². The van der Waals surface area contributed by atoms with Crippen LogP contribution in [0.1, 0.15) is 25.0 Å². The van der Waals surface area contributed by atoms with Crippen LogP contribution < -0.4 is 14.7 Å². The Balaban J connectivity index is 1.44. The first-order valence-corrected chi connectivity index (χ1v) is 10.8. The van der Waals surface area contributed by atoms with Gasteiger partial charge >= 0.3 is 0 Å². The second-order valence-corrected chi connectivity index (χ2v) is 8.64. The van der Waals surface area contributed by atoms with Crippen LogP contribution in [0.15, 0.2) is 63.6 Å². The number of nitrogens with zero attached hydrogens (tertiary/aromatic N) is 4. The number of rotatable bonds is 6. The first kappa shape index (κ1) is 19.9. The van der Waals surface area contributed by atoms with Crippen LogP contribution in [0.2, 0.25) is 0 Å². The zero-order valence-electron chi connectivity index (χ0n) is 16.5. The fourth-order valence-corrected chi connectivity index (χ4v) is 4.24. The molecule has 1 aliphatic heterocycles. The molecule has 9 heteroatoms. The third-order valence-corrected chi connectivity index (χ3v) is 6.18. The number of anilines is 1. The number of aromatic nitrogens is 2. The number of hydrogen-bond donors (Lipinski definition) is 0. The minimum Gasteiger partial charge on any atom is -0.539 e. The minimum atomic E-state index is -0.623. The summed E-state index contributed by atoms with van der Waals surface area (Å²) in [4.78, 5) is 29.2. The number of para-hydroxylation sites is 1. The van der Waals surface area contributed by atoms with E-state index in [4.69, 9.17) is 4.52 Å². The molecule has 2 heterocycles. The van der Waals surface area contributed by atoms with E-state index in [9.17, 15) is 14.7 Å². The fourth-order valence-electron chi connectivity index (χ4n) is 3.98. The van der Waals surface area contributed by atoms with E-state index in [1.807, 2.05) is 35.2 Å². The monoisotopic (exact) mass is 482 g/mol. The molecule has 3 aromatic rings. The molecule has 1 saturated carbocycles. The van der Waals surface area contributed by atoms with Crippen LogP contribution in [-0.2, 0) is 16.1 Å². The number of imide groups is 1. The Morgan fingerprint density at radius 2 is 1.84 bits per heavy atom. The van der Waals surface area contributed by atoms with Crippen molar-refractivity contribution in [1.82, 2.24) is 10.2 Å². The Labute approximate surface area is 186 Å². The van der Waals surface area contributed by atoms with Crippen molar-refractivity contribution in [2.45, 2.75) is 37.9 Å². The van der Waals surface area contributed by atoms with Crippen molar-refractivity contribution in [3.05, 3.63) is 64.8 Å². The van der Waals surface area contributed by atoms with E-state index >= 15 is 0 Å².